The lowest BCUT2D eigenvalue weighted by Gasteiger charge is -2.19. The van der Waals surface area contributed by atoms with Crippen LogP contribution < -0.4 is 10.9 Å². The molecule has 1 amide bonds. The van der Waals surface area contributed by atoms with Gasteiger partial charge >= 0.3 is 5.97 Å². The van der Waals surface area contributed by atoms with Gasteiger partial charge in [-0.05, 0) is 24.1 Å². The Morgan fingerprint density at radius 2 is 2.00 bits per heavy atom. The van der Waals surface area contributed by atoms with E-state index in [0.717, 1.165) is 15.8 Å². The number of nitrogens with zero attached hydrogens (tertiary/aromatic N) is 2. The number of carboxylic acid groups (broad SMARTS) is 1. The minimum absolute atomic E-state index is 0.0321. The van der Waals surface area contributed by atoms with Crippen LogP contribution >= 0.6 is 0 Å². The van der Waals surface area contributed by atoms with Crippen molar-refractivity contribution in [3.05, 3.63) is 63.6 Å². The van der Waals surface area contributed by atoms with E-state index < -0.39 is 17.9 Å². The molecule has 0 bridgehead atoms. The third-order valence-corrected chi connectivity index (χ3v) is 3.85. The zero-order valence-corrected chi connectivity index (χ0v) is 14.6. The molecule has 0 saturated heterocycles. The Bertz CT molecular complexity index is 847. The number of carbonyl (C=O) groups excluding carboxylic acids is 1. The standard InChI is InChI=1S/C18H21N3O5/c1-12-5-3-4-6-13(12)15(11-17(23)24)19-18(25)14-7-8-16(22)21(20-14)9-10-26-2/h3-8,15H,9-11H2,1-2H3,(H,19,25)(H,23,24). The first kappa shape index (κ1) is 19.3. The van der Waals surface area contributed by atoms with E-state index in [0.29, 0.717) is 0 Å². The van der Waals surface area contributed by atoms with Crippen LogP contribution in [0.25, 0.3) is 0 Å². The van der Waals surface area contributed by atoms with Crippen LogP contribution in [0, 0.1) is 6.92 Å². The molecule has 1 atom stereocenters. The molecule has 0 fully saturated rings. The molecule has 8 heteroatoms. The number of hydrogen-bond donors (Lipinski definition) is 2. The van der Waals surface area contributed by atoms with Gasteiger partial charge in [0.05, 0.1) is 25.6 Å². The molecule has 1 unspecified atom stereocenters. The Morgan fingerprint density at radius 3 is 2.65 bits per heavy atom. The molecule has 2 rings (SSSR count). The predicted octanol–water partition coefficient (Wildman–Crippen LogP) is 1.14. The van der Waals surface area contributed by atoms with Crippen molar-refractivity contribution in [3.63, 3.8) is 0 Å². The van der Waals surface area contributed by atoms with Crippen molar-refractivity contribution in [2.45, 2.75) is 25.9 Å². The highest BCUT2D eigenvalue weighted by Crippen LogP contribution is 2.21. The topological polar surface area (TPSA) is 111 Å². The Labute approximate surface area is 150 Å². The normalized spacial score (nSPS) is 11.8. The lowest BCUT2D eigenvalue weighted by atomic mass is 9.98. The maximum absolute atomic E-state index is 12.5. The Kier molecular flexibility index (Phi) is 6.62. The average Bonchev–Trinajstić information content (AvgIpc) is 2.60. The van der Waals surface area contributed by atoms with Crippen molar-refractivity contribution in [1.82, 2.24) is 15.1 Å². The first-order valence-corrected chi connectivity index (χ1v) is 8.07. The number of carbonyl (C=O) groups is 2. The van der Waals surface area contributed by atoms with Gasteiger partial charge in [-0.25, -0.2) is 4.68 Å². The summed E-state index contributed by atoms with van der Waals surface area (Å²) < 4.78 is 6.05. The number of carboxylic acids is 1. The van der Waals surface area contributed by atoms with E-state index >= 15 is 0 Å². The van der Waals surface area contributed by atoms with Crippen LogP contribution in [0.3, 0.4) is 0 Å². The second-order valence-corrected chi connectivity index (χ2v) is 5.75. The van der Waals surface area contributed by atoms with Crippen LogP contribution in [0.2, 0.25) is 0 Å². The van der Waals surface area contributed by atoms with Crippen molar-refractivity contribution in [2.75, 3.05) is 13.7 Å². The zero-order valence-electron chi connectivity index (χ0n) is 14.6. The summed E-state index contributed by atoms with van der Waals surface area (Å²) in [6.07, 6.45) is -0.264. The van der Waals surface area contributed by atoms with E-state index in [1.165, 1.54) is 19.2 Å². The maximum Gasteiger partial charge on any atom is 0.305 e. The molecule has 1 aromatic carbocycles. The van der Waals surface area contributed by atoms with E-state index in [9.17, 15) is 19.5 Å². The highest BCUT2D eigenvalue weighted by atomic mass is 16.5. The molecule has 0 aliphatic carbocycles. The van der Waals surface area contributed by atoms with Gasteiger partial charge in [0.25, 0.3) is 11.5 Å². The first-order valence-electron chi connectivity index (χ1n) is 8.07. The van der Waals surface area contributed by atoms with Gasteiger partial charge in [-0.3, -0.25) is 14.4 Å². The monoisotopic (exact) mass is 359 g/mol. The molecule has 1 aromatic heterocycles. The summed E-state index contributed by atoms with van der Waals surface area (Å²) in [5, 5.41) is 15.9. The average molecular weight is 359 g/mol. The van der Waals surface area contributed by atoms with Gasteiger partial charge in [0, 0.05) is 13.2 Å². The maximum atomic E-state index is 12.5. The number of aromatic nitrogens is 2. The number of aliphatic carboxylic acids is 1. The molecule has 138 valence electrons. The van der Waals surface area contributed by atoms with Crippen molar-refractivity contribution in [2.24, 2.45) is 0 Å². The van der Waals surface area contributed by atoms with Crippen LogP contribution in [0.4, 0.5) is 0 Å². The smallest absolute Gasteiger partial charge is 0.305 e. The number of nitrogens with one attached hydrogen (secondary N) is 1. The highest BCUT2D eigenvalue weighted by Gasteiger charge is 2.21. The van der Waals surface area contributed by atoms with Crippen molar-refractivity contribution in [1.29, 1.82) is 0 Å². The van der Waals surface area contributed by atoms with Crippen LogP contribution in [-0.2, 0) is 16.1 Å². The summed E-state index contributed by atoms with van der Waals surface area (Å²) in [6.45, 7) is 2.34. The molecule has 0 spiro atoms. The molecule has 2 aromatic rings. The SMILES string of the molecule is COCCn1nc(C(=O)NC(CC(=O)O)c2ccccc2C)ccc1=O. The van der Waals surface area contributed by atoms with Crippen molar-refractivity contribution >= 4 is 11.9 Å². The van der Waals surface area contributed by atoms with Gasteiger partial charge in [0.2, 0.25) is 0 Å². The van der Waals surface area contributed by atoms with Gasteiger partial charge in [0.1, 0.15) is 5.69 Å². The molecule has 0 aliphatic rings. The number of rotatable bonds is 8. The Morgan fingerprint density at radius 1 is 1.27 bits per heavy atom. The molecular weight excluding hydrogens is 338 g/mol. The minimum atomic E-state index is -1.03. The third kappa shape index (κ3) is 5.00. The summed E-state index contributed by atoms with van der Waals surface area (Å²) in [6, 6.07) is 9.10. The Hall–Kier alpha value is -3.00. The highest BCUT2D eigenvalue weighted by molar-refractivity contribution is 5.92. The van der Waals surface area contributed by atoms with E-state index in [1.807, 2.05) is 19.1 Å². The molecule has 0 saturated carbocycles. The molecule has 1 heterocycles. The van der Waals surface area contributed by atoms with E-state index in [4.69, 9.17) is 4.74 Å². The minimum Gasteiger partial charge on any atom is -0.481 e. The number of methoxy groups -OCH3 is 1. The summed E-state index contributed by atoms with van der Waals surface area (Å²) in [5.74, 6) is -1.58. The summed E-state index contributed by atoms with van der Waals surface area (Å²) in [5.41, 5.74) is 1.28. The largest absolute Gasteiger partial charge is 0.481 e. The van der Waals surface area contributed by atoms with Crippen LogP contribution in [-0.4, -0.2) is 40.5 Å². The molecule has 8 nitrogen and oxygen atoms in total. The van der Waals surface area contributed by atoms with Crippen molar-refractivity contribution < 1.29 is 19.4 Å². The van der Waals surface area contributed by atoms with Crippen LogP contribution in [0.1, 0.15) is 34.1 Å². The van der Waals surface area contributed by atoms with Crippen LogP contribution in [0.5, 0.6) is 0 Å². The second-order valence-electron chi connectivity index (χ2n) is 5.75. The van der Waals surface area contributed by atoms with E-state index in [1.54, 1.807) is 12.1 Å². The fourth-order valence-corrected chi connectivity index (χ4v) is 2.53. The van der Waals surface area contributed by atoms with E-state index in [2.05, 4.69) is 10.4 Å². The second kappa shape index (κ2) is 8.91. The molecule has 0 aliphatic heterocycles. The number of ether oxygens (including phenoxy) is 1. The summed E-state index contributed by atoms with van der Waals surface area (Å²) in [7, 11) is 1.50. The number of hydrogen-bond acceptors (Lipinski definition) is 5. The number of benzene rings is 1. The first-order chi connectivity index (χ1) is 12.4. The third-order valence-electron chi connectivity index (χ3n) is 3.85. The summed E-state index contributed by atoms with van der Waals surface area (Å²) >= 11 is 0. The fraction of sp³-hybridized carbons (Fsp3) is 0.333. The lowest BCUT2D eigenvalue weighted by molar-refractivity contribution is -0.137. The fourth-order valence-electron chi connectivity index (χ4n) is 2.53. The van der Waals surface area contributed by atoms with Gasteiger partial charge in [-0.15, -0.1) is 0 Å². The lowest BCUT2D eigenvalue weighted by Crippen LogP contribution is -2.33. The van der Waals surface area contributed by atoms with Crippen LogP contribution in [0.15, 0.2) is 41.2 Å². The van der Waals surface area contributed by atoms with Gasteiger partial charge in [-0.2, -0.15) is 5.10 Å². The quantitative estimate of drug-likeness (QED) is 0.731. The van der Waals surface area contributed by atoms with Gasteiger partial charge in [0.15, 0.2) is 0 Å². The molecular formula is C18H21N3O5. The number of aryl methyl sites for hydroxylation is 1. The number of amides is 1. The van der Waals surface area contributed by atoms with Gasteiger partial charge < -0.3 is 15.2 Å². The molecule has 2 N–H and O–H groups in total. The molecule has 0 radical (unpaired) electrons. The predicted molar refractivity (Wildman–Crippen MR) is 94.0 cm³/mol. The van der Waals surface area contributed by atoms with Crippen molar-refractivity contribution in [3.8, 4) is 0 Å². The zero-order chi connectivity index (χ0) is 19.1. The van der Waals surface area contributed by atoms with E-state index in [-0.39, 0.29) is 30.8 Å². The van der Waals surface area contributed by atoms with Gasteiger partial charge in [-0.1, -0.05) is 24.3 Å². The molecule has 26 heavy (non-hydrogen) atoms. The Balaban J connectivity index is 2.25. The summed E-state index contributed by atoms with van der Waals surface area (Å²) in [4.78, 5) is 35.5.